The summed E-state index contributed by atoms with van der Waals surface area (Å²) < 4.78 is 11.0. The molecule has 0 aromatic heterocycles. The van der Waals surface area contributed by atoms with Gasteiger partial charge in [-0.2, -0.15) is 0 Å². The molecular weight excluding hydrogens is 586 g/mol. The van der Waals surface area contributed by atoms with Gasteiger partial charge in [-0.15, -0.1) is 0 Å². The van der Waals surface area contributed by atoms with Crippen LogP contribution in [-0.2, 0) is 28.7 Å². The van der Waals surface area contributed by atoms with E-state index in [1.165, 1.54) is 12.8 Å². The van der Waals surface area contributed by atoms with Gasteiger partial charge in [0.1, 0.15) is 6.04 Å². The van der Waals surface area contributed by atoms with E-state index in [0.717, 1.165) is 77.0 Å². The maximum absolute atomic E-state index is 12.9. The summed E-state index contributed by atoms with van der Waals surface area (Å²) in [6.07, 6.45) is 16.1. The Bertz CT molecular complexity index is 849. The third-order valence-electron chi connectivity index (χ3n) is 8.04. The minimum absolute atomic E-state index is 0.0355. The Hall–Kier alpha value is -2.85. The van der Waals surface area contributed by atoms with Crippen molar-refractivity contribution in [2.24, 2.45) is 28.3 Å². The number of carbonyl (C=O) groups excluding carboxylic acids is 4. The summed E-state index contributed by atoms with van der Waals surface area (Å²) in [5, 5.41) is 5.62. The molecule has 6 N–H and O–H groups in total. The van der Waals surface area contributed by atoms with Gasteiger partial charge >= 0.3 is 11.9 Å². The van der Waals surface area contributed by atoms with Gasteiger partial charge in [-0.3, -0.25) is 24.2 Å². The van der Waals surface area contributed by atoms with Gasteiger partial charge in [-0.25, -0.2) is 0 Å². The maximum atomic E-state index is 12.9. The minimum atomic E-state index is -0.810. The molecule has 0 aromatic carbocycles. The van der Waals surface area contributed by atoms with Crippen molar-refractivity contribution in [1.82, 2.24) is 10.6 Å². The second-order valence-electron chi connectivity index (χ2n) is 12.3. The molecule has 3 atom stereocenters. The lowest BCUT2D eigenvalue weighted by molar-refractivity contribution is -0.150. The molecule has 0 heterocycles. The van der Waals surface area contributed by atoms with Crippen molar-refractivity contribution in [1.29, 1.82) is 0 Å². The molecule has 0 saturated carbocycles. The standard InChI is InChI=1S/C35H67N5O6/c1-5-9-12-14-21-29(19-11-7-3)34(44)45-26-16-15-24-38-32(42)30(23-25-39-35(36)37)40-31(41)22-17-27-46-33(43)28(18-8-4)20-13-10-6-2/h28-30H,5-27H2,1-4H3,(H,38,42)(H,40,41)(H4,36,37,39)/t28?,29?,30-/m0/s1. The average molecular weight is 654 g/mol. The highest BCUT2D eigenvalue weighted by Gasteiger charge is 2.22. The van der Waals surface area contributed by atoms with Gasteiger partial charge in [0.2, 0.25) is 11.8 Å². The largest absolute Gasteiger partial charge is 0.465 e. The number of nitrogens with one attached hydrogen (secondary N) is 2. The first-order chi connectivity index (χ1) is 22.2. The predicted octanol–water partition coefficient (Wildman–Crippen LogP) is 5.67. The van der Waals surface area contributed by atoms with Crippen LogP contribution < -0.4 is 22.1 Å². The van der Waals surface area contributed by atoms with Crippen LogP contribution in [0.15, 0.2) is 4.99 Å². The van der Waals surface area contributed by atoms with Crippen molar-refractivity contribution in [3.8, 4) is 0 Å². The SMILES string of the molecule is CCCCCCC(CCCC)C(=O)OCCCCNC(=O)[C@H](CCN=C(N)N)NC(=O)CCCOC(=O)C(CCC)CCCCC. The van der Waals surface area contributed by atoms with E-state index in [-0.39, 0.29) is 67.5 Å². The van der Waals surface area contributed by atoms with Gasteiger partial charge in [0.25, 0.3) is 0 Å². The van der Waals surface area contributed by atoms with Crippen LogP contribution in [0.5, 0.6) is 0 Å². The maximum Gasteiger partial charge on any atom is 0.308 e. The number of ether oxygens (including phenoxy) is 2. The molecule has 46 heavy (non-hydrogen) atoms. The summed E-state index contributed by atoms with van der Waals surface area (Å²) in [4.78, 5) is 54.6. The molecule has 0 radical (unpaired) electrons. The van der Waals surface area contributed by atoms with E-state index in [0.29, 0.717) is 32.4 Å². The number of hydrogen-bond acceptors (Lipinski definition) is 7. The molecule has 0 aliphatic rings. The van der Waals surface area contributed by atoms with Gasteiger partial charge in [0.15, 0.2) is 5.96 Å². The third kappa shape index (κ3) is 23.5. The van der Waals surface area contributed by atoms with Gasteiger partial charge in [0, 0.05) is 19.5 Å². The van der Waals surface area contributed by atoms with Crippen molar-refractivity contribution >= 4 is 29.7 Å². The van der Waals surface area contributed by atoms with Gasteiger partial charge in [-0.05, 0) is 51.4 Å². The molecule has 0 rings (SSSR count). The third-order valence-corrected chi connectivity index (χ3v) is 8.04. The molecule has 0 aromatic rings. The Morgan fingerprint density at radius 1 is 0.630 bits per heavy atom. The lowest BCUT2D eigenvalue weighted by Gasteiger charge is -2.18. The zero-order chi connectivity index (χ0) is 34.4. The monoisotopic (exact) mass is 654 g/mol. The first kappa shape index (κ1) is 43.1. The van der Waals surface area contributed by atoms with Crippen LogP contribution in [0.25, 0.3) is 0 Å². The number of carbonyl (C=O) groups is 4. The molecule has 2 amide bonds. The Morgan fingerprint density at radius 2 is 1.20 bits per heavy atom. The number of guanidine groups is 1. The smallest absolute Gasteiger partial charge is 0.308 e. The van der Waals surface area contributed by atoms with Crippen molar-refractivity contribution < 1.29 is 28.7 Å². The van der Waals surface area contributed by atoms with Crippen molar-refractivity contribution in [3.63, 3.8) is 0 Å². The molecular formula is C35H67N5O6. The number of unbranched alkanes of at least 4 members (excludes halogenated alkanes) is 7. The van der Waals surface area contributed by atoms with Crippen LogP contribution >= 0.6 is 0 Å². The van der Waals surface area contributed by atoms with Crippen LogP contribution in [0.1, 0.15) is 150 Å². The molecule has 2 unspecified atom stereocenters. The zero-order valence-corrected chi connectivity index (χ0v) is 29.5. The Morgan fingerprint density at radius 3 is 1.80 bits per heavy atom. The highest BCUT2D eigenvalue weighted by molar-refractivity contribution is 5.87. The van der Waals surface area contributed by atoms with Crippen LogP contribution in [0.2, 0.25) is 0 Å². The van der Waals surface area contributed by atoms with E-state index in [1.807, 2.05) is 0 Å². The van der Waals surface area contributed by atoms with Gasteiger partial charge < -0.3 is 31.6 Å². The van der Waals surface area contributed by atoms with Gasteiger partial charge in [0.05, 0.1) is 25.0 Å². The molecule has 0 spiro atoms. The lowest BCUT2D eigenvalue weighted by atomic mass is 9.95. The Labute approximate surface area is 279 Å². The fourth-order valence-electron chi connectivity index (χ4n) is 5.25. The molecule has 11 nitrogen and oxygen atoms in total. The van der Waals surface area contributed by atoms with E-state index in [9.17, 15) is 19.2 Å². The zero-order valence-electron chi connectivity index (χ0n) is 29.5. The predicted molar refractivity (Wildman–Crippen MR) is 185 cm³/mol. The second kappa shape index (κ2) is 29.5. The number of amides is 2. The summed E-state index contributed by atoms with van der Waals surface area (Å²) >= 11 is 0. The highest BCUT2D eigenvalue weighted by atomic mass is 16.5. The summed E-state index contributed by atoms with van der Waals surface area (Å²) in [6, 6.07) is -0.810. The quantitative estimate of drug-likeness (QED) is 0.0332. The first-order valence-electron chi connectivity index (χ1n) is 18.2. The summed E-state index contributed by atoms with van der Waals surface area (Å²) in [7, 11) is 0. The molecule has 0 aliphatic heterocycles. The summed E-state index contributed by atoms with van der Waals surface area (Å²) in [5.74, 6) is -1.16. The van der Waals surface area contributed by atoms with Crippen LogP contribution in [0.3, 0.4) is 0 Å². The van der Waals surface area contributed by atoms with Crippen LogP contribution in [0.4, 0.5) is 0 Å². The second-order valence-corrected chi connectivity index (χ2v) is 12.3. The number of esters is 2. The Balaban J connectivity index is 4.62. The summed E-state index contributed by atoms with van der Waals surface area (Å²) in [6.45, 7) is 9.54. The molecule has 11 heteroatoms. The van der Waals surface area contributed by atoms with Crippen LogP contribution in [-0.4, -0.2) is 62.1 Å². The topological polar surface area (TPSA) is 175 Å². The van der Waals surface area contributed by atoms with E-state index < -0.39 is 6.04 Å². The van der Waals surface area contributed by atoms with Crippen molar-refractivity contribution in [2.75, 3.05) is 26.3 Å². The number of hydrogen-bond donors (Lipinski definition) is 4. The minimum Gasteiger partial charge on any atom is -0.465 e. The molecule has 0 fully saturated rings. The van der Waals surface area contributed by atoms with Crippen LogP contribution in [0, 0.1) is 11.8 Å². The molecule has 0 bridgehead atoms. The number of aliphatic imine (C=N–C) groups is 1. The average Bonchev–Trinajstić information content (AvgIpc) is 3.03. The summed E-state index contributed by atoms with van der Waals surface area (Å²) in [5.41, 5.74) is 10.8. The fourth-order valence-corrected chi connectivity index (χ4v) is 5.25. The normalized spacial score (nSPS) is 12.9. The Kier molecular flexibility index (Phi) is 27.7. The van der Waals surface area contributed by atoms with E-state index in [4.69, 9.17) is 20.9 Å². The van der Waals surface area contributed by atoms with E-state index in [2.05, 4.69) is 43.3 Å². The first-order valence-corrected chi connectivity index (χ1v) is 18.2. The highest BCUT2D eigenvalue weighted by Crippen LogP contribution is 2.20. The fraction of sp³-hybridized carbons (Fsp3) is 0.857. The molecule has 0 aliphatic carbocycles. The van der Waals surface area contributed by atoms with Crippen molar-refractivity contribution in [2.45, 2.75) is 156 Å². The molecule has 0 saturated heterocycles. The van der Waals surface area contributed by atoms with E-state index in [1.54, 1.807) is 0 Å². The number of rotatable bonds is 30. The number of nitrogens with zero attached hydrogens (tertiary/aromatic N) is 1. The molecule has 268 valence electrons. The lowest BCUT2D eigenvalue weighted by Crippen LogP contribution is -2.47. The van der Waals surface area contributed by atoms with Gasteiger partial charge in [-0.1, -0.05) is 91.9 Å². The number of nitrogens with two attached hydrogens (primary N) is 2. The van der Waals surface area contributed by atoms with E-state index >= 15 is 0 Å². The van der Waals surface area contributed by atoms with Crippen molar-refractivity contribution in [3.05, 3.63) is 0 Å².